The molecule has 0 heterocycles. The van der Waals surface area contributed by atoms with Crippen molar-refractivity contribution in [1.82, 2.24) is 4.90 Å². The van der Waals surface area contributed by atoms with Crippen LogP contribution in [0.2, 0.25) is 0 Å². The molecule has 0 fully saturated rings. The molecule has 0 aromatic rings. The van der Waals surface area contributed by atoms with Gasteiger partial charge in [0.1, 0.15) is 0 Å². The van der Waals surface area contributed by atoms with E-state index in [1.54, 1.807) is 0 Å². The Morgan fingerprint density at radius 2 is 1.54 bits per heavy atom. The molecule has 0 saturated carbocycles. The second-order valence-electron chi connectivity index (χ2n) is 4.65. The first-order chi connectivity index (χ1) is 5.95. The van der Waals surface area contributed by atoms with Crippen LogP contribution in [0.3, 0.4) is 0 Å². The van der Waals surface area contributed by atoms with Gasteiger partial charge < -0.3 is 4.90 Å². The Morgan fingerprint density at radius 3 is 1.85 bits per heavy atom. The number of unbranched alkanes of at least 4 members (excludes halogenated alkanes) is 1. The Hall–Kier alpha value is -0.0400. The maximum Gasteiger partial charge on any atom is 0.00270 e. The average molecular weight is 187 g/mol. The molecule has 0 aliphatic rings. The summed E-state index contributed by atoms with van der Waals surface area (Å²) in [7, 11) is 2.21. The second-order valence-corrected chi connectivity index (χ2v) is 4.65. The summed E-state index contributed by atoms with van der Waals surface area (Å²) in [5.74, 6) is 0. The number of rotatable bonds is 4. The molecule has 0 bridgehead atoms. The van der Waals surface area contributed by atoms with E-state index in [0.717, 1.165) is 0 Å². The summed E-state index contributed by atoms with van der Waals surface area (Å²) >= 11 is 0. The Kier molecular flexibility index (Phi) is 10.2. The van der Waals surface area contributed by atoms with Crippen molar-refractivity contribution in [3.05, 3.63) is 0 Å². The van der Waals surface area contributed by atoms with Crippen molar-refractivity contribution in [2.24, 2.45) is 5.41 Å². The van der Waals surface area contributed by atoms with Crippen LogP contribution in [0.4, 0.5) is 0 Å². The first-order valence-electron chi connectivity index (χ1n) is 5.64. The van der Waals surface area contributed by atoms with E-state index in [-0.39, 0.29) is 0 Å². The molecule has 0 rings (SSSR count). The van der Waals surface area contributed by atoms with E-state index in [9.17, 15) is 0 Å². The summed E-state index contributed by atoms with van der Waals surface area (Å²) in [5.41, 5.74) is 0.447. The Bertz CT molecular complexity index is 91.8. The van der Waals surface area contributed by atoms with E-state index < -0.39 is 0 Å². The molecule has 0 aromatic heterocycles. The number of nitrogens with zero attached hydrogens (tertiary/aromatic N) is 1. The molecule has 0 aliphatic heterocycles. The molecule has 0 aromatic carbocycles. The van der Waals surface area contributed by atoms with Gasteiger partial charge in [0, 0.05) is 6.54 Å². The summed E-state index contributed by atoms with van der Waals surface area (Å²) in [6.45, 7) is 15.5. The van der Waals surface area contributed by atoms with Gasteiger partial charge in [0.25, 0.3) is 0 Å². The Morgan fingerprint density at radius 1 is 1.08 bits per heavy atom. The van der Waals surface area contributed by atoms with E-state index in [1.807, 2.05) is 13.8 Å². The fourth-order valence-corrected chi connectivity index (χ4v) is 1.32. The fourth-order valence-electron chi connectivity index (χ4n) is 1.32. The Labute approximate surface area is 85.5 Å². The maximum atomic E-state index is 2.42. The maximum absolute atomic E-state index is 2.42. The van der Waals surface area contributed by atoms with Crippen molar-refractivity contribution in [3.8, 4) is 0 Å². The van der Waals surface area contributed by atoms with Gasteiger partial charge >= 0.3 is 0 Å². The highest BCUT2D eigenvalue weighted by Gasteiger charge is 2.12. The molecule has 1 heteroatoms. The van der Waals surface area contributed by atoms with Crippen LogP contribution in [0.15, 0.2) is 0 Å². The molecule has 0 saturated heterocycles. The van der Waals surface area contributed by atoms with Gasteiger partial charge in [0.05, 0.1) is 0 Å². The van der Waals surface area contributed by atoms with E-state index in [2.05, 4.69) is 39.6 Å². The van der Waals surface area contributed by atoms with Crippen LogP contribution in [0.25, 0.3) is 0 Å². The lowest BCUT2D eigenvalue weighted by Crippen LogP contribution is -2.29. The van der Waals surface area contributed by atoms with Gasteiger partial charge in [-0.1, -0.05) is 48.0 Å². The second kappa shape index (κ2) is 8.55. The van der Waals surface area contributed by atoms with E-state index in [4.69, 9.17) is 0 Å². The van der Waals surface area contributed by atoms with E-state index >= 15 is 0 Å². The minimum atomic E-state index is 0.447. The smallest absolute Gasteiger partial charge is 0.00270 e. The van der Waals surface area contributed by atoms with E-state index in [1.165, 1.54) is 25.9 Å². The molecule has 0 unspecified atom stereocenters. The summed E-state index contributed by atoms with van der Waals surface area (Å²) in [6.07, 6.45) is 2.63. The van der Waals surface area contributed by atoms with Crippen molar-refractivity contribution in [1.29, 1.82) is 0 Å². The average Bonchev–Trinajstić information content (AvgIpc) is 2.01. The normalized spacial score (nSPS) is 11.1. The van der Waals surface area contributed by atoms with Gasteiger partial charge in [0.2, 0.25) is 0 Å². The predicted octanol–water partition coefficient (Wildman–Crippen LogP) is 3.79. The van der Waals surface area contributed by atoms with Gasteiger partial charge in [-0.3, -0.25) is 0 Å². The minimum absolute atomic E-state index is 0.447. The topological polar surface area (TPSA) is 3.24 Å². The van der Waals surface area contributed by atoms with Crippen LogP contribution in [-0.4, -0.2) is 25.0 Å². The molecule has 0 radical (unpaired) electrons. The van der Waals surface area contributed by atoms with Crippen LogP contribution < -0.4 is 0 Å². The van der Waals surface area contributed by atoms with Crippen molar-refractivity contribution in [2.45, 2.75) is 54.4 Å². The third-order valence-electron chi connectivity index (χ3n) is 1.64. The third kappa shape index (κ3) is 14.8. The largest absolute Gasteiger partial charge is 0.306 e. The quantitative estimate of drug-likeness (QED) is 0.647. The fraction of sp³-hybridized carbons (Fsp3) is 1.00. The SMILES string of the molecule is CC.CCCCN(C)CC(C)(C)C. The zero-order valence-electron chi connectivity index (χ0n) is 10.8. The van der Waals surface area contributed by atoms with Crippen LogP contribution in [-0.2, 0) is 0 Å². The van der Waals surface area contributed by atoms with Crippen molar-refractivity contribution >= 4 is 0 Å². The molecule has 0 aliphatic carbocycles. The van der Waals surface area contributed by atoms with Gasteiger partial charge in [-0.2, -0.15) is 0 Å². The third-order valence-corrected chi connectivity index (χ3v) is 1.64. The van der Waals surface area contributed by atoms with Gasteiger partial charge in [-0.15, -0.1) is 0 Å². The highest BCUT2D eigenvalue weighted by molar-refractivity contribution is 4.65. The number of hydrogen-bond acceptors (Lipinski definition) is 1. The first kappa shape index (κ1) is 15.4. The number of hydrogen-bond donors (Lipinski definition) is 0. The zero-order valence-corrected chi connectivity index (χ0v) is 10.8. The van der Waals surface area contributed by atoms with Crippen LogP contribution in [0.1, 0.15) is 54.4 Å². The molecule has 82 valence electrons. The molecular weight excluding hydrogens is 158 g/mol. The molecule has 0 atom stereocenters. The van der Waals surface area contributed by atoms with Crippen molar-refractivity contribution in [3.63, 3.8) is 0 Å². The summed E-state index contributed by atoms with van der Waals surface area (Å²) in [6, 6.07) is 0. The van der Waals surface area contributed by atoms with Gasteiger partial charge in [0.15, 0.2) is 0 Å². The van der Waals surface area contributed by atoms with Gasteiger partial charge in [-0.05, 0) is 25.4 Å². The predicted molar refractivity (Wildman–Crippen MR) is 63.2 cm³/mol. The lowest BCUT2D eigenvalue weighted by Gasteiger charge is -2.26. The van der Waals surface area contributed by atoms with Crippen LogP contribution in [0, 0.1) is 5.41 Å². The lowest BCUT2D eigenvalue weighted by atomic mass is 9.96. The highest BCUT2D eigenvalue weighted by atomic mass is 15.1. The molecule has 0 amide bonds. The summed E-state index contributed by atoms with van der Waals surface area (Å²) in [5, 5.41) is 0. The first-order valence-corrected chi connectivity index (χ1v) is 5.64. The highest BCUT2D eigenvalue weighted by Crippen LogP contribution is 2.14. The molecule has 13 heavy (non-hydrogen) atoms. The molecule has 0 spiro atoms. The van der Waals surface area contributed by atoms with Crippen LogP contribution >= 0.6 is 0 Å². The zero-order chi connectivity index (χ0) is 10.9. The summed E-state index contributed by atoms with van der Waals surface area (Å²) in [4.78, 5) is 2.42. The molecular formula is C12H29N. The Balaban J connectivity index is 0. The van der Waals surface area contributed by atoms with Crippen molar-refractivity contribution < 1.29 is 0 Å². The monoisotopic (exact) mass is 187 g/mol. The lowest BCUT2D eigenvalue weighted by molar-refractivity contribution is 0.224. The molecule has 0 N–H and O–H groups in total. The van der Waals surface area contributed by atoms with Gasteiger partial charge in [-0.25, -0.2) is 0 Å². The van der Waals surface area contributed by atoms with Crippen LogP contribution in [0.5, 0.6) is 0 Å². The van der Waals surface area contributed by atoms with Crippen molar-refractivity contribution in [2.75, 3.05) is 20.1 Å². The van der Waals surface area contributed by atoms with E-state index in [0.29, 0.717) is 5.41 Å². The minimum Gasteiger partial charge on any atom is -0.306 e. The molecule has 1 nitrogen and oxygen atoms in total. The summed E-state index contributed by atoms with van der Waals surface area (Å²) < 4.78 is 0. The standard InChI is InChI=1S/C10H23N.C2H6/c1-6-7-8-11(5)9-10(2,3)4;1-2/h6-9H2,1-5H3;1-2H3.